The van der Waals surface area contributed by atoms with Gasteiger partial charge in [-0.1, -0.05) is 34.1 Å². The van der Waals surface area contributed by atoms with Crippen LogP contribution in [-0.2, 0) is 7.05 Å². The zero-order valence-electron chi connectivity index (χ0n) is 19.4. The Hall–Kier alpha value is -3.95. The minimum atomic E-state index is -0.201. The first-order chi connectivity index (χ1) is 17.4. The number of aromatic hydroxyl groups is 1. The molecule has 0 amide bonds. The van der Waals surface area contributed by atoms with Gasteiger partial charge in [0.25, 0.3) is 5.56 Å². The Labute approximate surface area is 219 Å². The van der Waals surface area contributed by atoms with Crippen LogP contribution in [0.1, 0.15) is 16.1 Å². The molecule has 0 atom stereocenters. The maximum Gasteiger partial charge on any atom is 0.296 e. The highest BCUT2D eigenvalue weighted by Crippen LogP contribution is 2.28. The molecule has 2 heterocycles. The van der Waals surface area contributed by atoms with Gasteiger partial charge in [-0.3, -0.25) is 18.8 Å². The fourth-order valence-corrected chi connectivity index (χ4v) is 5.23. The lowest BCUT2D eigenvalue weighted by Crippen LogP contribution is -2.24. The number of phenolic OH excluding ortho intramolecular Hbond substituents is 1. The maximum absolute atomic E-state index is 13.9. The van der Waals surface area contributed by atoms with Crippen molar-refractivity contribution in [2.45, 2.75) is 6.92 Å². The highest BCUT2D eigenvalue weighted by atomic mass is 79.9. The molecule has 0 unspecified atom stereocenters. The monoisotopic (exact) mass is 560 g/mol. The zero-order chi connectivity index (χ0) is 25.4. The predicted molar refractivity (Wildman–Crippen MR) is 145 cm³/mol. The molecule has 0 saturated heterocycles. The number of thiazole rings is 1. The number of para-hydroxylation sites is 1. The van der Waals surface area contributed by atoms with E-state index < -0.39 is 0 Å². The van der Waals surface area contributed by atoms with Crippen LogP contribution in [0.3, 0.4) is 0 Å². The van der Waals surface area contributed by atoms with E-state index in [1.807, 2.05) is 83.2 Å². The second-order valence-electron chi connectivity index (χ2n) is 8.13. The molecule has 180 valence electrons. The third kappa shape index (κ3) is 4.16. The molecule has 0 fully saturated rings. The Bertz CT molecular complexity index is 1710. The number of hydrogen-bond acceptors (Lipinski definition) is 5. The highest BCUT2D eigenvalue weighted by molar-refractivity contribution is 9.10. The Morgan fingerprint density at radius 3 is 2.44 bits per heavy atom. The van der Waals surface area contributed by atoms with E-state index >= 15 is 0 Å². The standard InChI is InChI=1S/C27H21BrN4O3S/c1-17-25(26(35)32(30(17)2)22-6-4-3-5-7-22)31-23(18-8-13-24(34)19(14-18)15-33)16-36-27(31)29-21-11-9-20(28)10-12-21/h3-16,34H,1-2H3. The average Bonchev–Trinajstić information content (AvgIpc) is 3.38. The van der Waals surface area contributed by atoms with Gasteiger partial charge in [0.2, 0.25) is 0 Å². The predicted octanol–water partition coefficient (Wildman–Crippen LogP) is 5.52. The topological polar surface area (TPSA) is 81.5 Å². The normalized spacial score (nSPS) is 11.7. The summed E-state index contributed by atoms with van der Waals surface area (Å²) in [5, 5.41) is 11.9. The zero-order valence-corrected chi connectivity index (χ0v) is 21.8. The van der Waals surface area contributed by atoms with Crippen molar-refractivity contribution in [3.8, 4) is 28.4 Å². The maximum atomic E-state index is 13.9. The summed E-state index contributed by atoms with van der Waals surface area (Å²) >= 11 is 4.84. The van der Waals surface area contributed by atoms with Crippen molar-refractivity contribution in [1.29, 1.82) is 0 Å². The largest absolute Gasteiger partial charge is 0.507 e. The molecular weight excluding hydrogens is 540 g/mol. The SMILES string of the molecule is Cc1c(-n2c(-c3ccc(O)c(C=O)c3)csc2=Nc2ccc(Br)cc2)c(=O)n(-c2ccccc2)n1C. The third-order valence-corrected chi connectivity index (χ3v) is 7.31. The average molecular weight is 561 g/mol. The van der Waals surface area contributed by atoms with Gasteiger partial charge in [-0.05, 0) is 61.5 Å². The van der Waals surface area contributed by atoms with E-state index in [0.717, 1.165) is 21.5 Å². The van der Waals surface area contributed by atoms with Crippen LogP contribution in [-0.4, -0.2) is 25.3 Å². The van der Waals surface area contributed by atoms with E-state index in [9.17, 15) is 14.7 Å². The van der Waals surface area contributed by atoms with E-state index in [1.165, 1.54) is 17.4 Å². The molecule has 0 radical (unpaired) electrons. The van der Waals surface area contributed by atoms with Gasteiger partial charge in [-0.2, -0.15) is 0 Å². The summed E-state index contributed by atoms with van der Waals surface area (Å²) in [5.74, 6) is -0.0994. The van der Waals surface area contributed by atoms with Crippen LogP contribution in [0.15, 0.2) is 92.4 Å². The molecule has 0 saturated carbocycles. The number of carbonyl (C=O) groups excluding carboxylic acids is 1. The molecule has 0 aliphatic carbocycles. The number of aldehydes is 1. The molecule has 7 nitrogen and oxygen atoms in total. The van der Waals surface area contributed by atoms with Gasteiger partial charge in [0.05, 0.1) is 28.3 Å². The summed E-state index contributed by atoms with van der Waals surface area (Å²) in [6.45, 7) is 1.89. The first-order valence-electron chi connectivity index (χ1n) is 11.0. The summed E-state index contributed by atoms with van der Waals surface area (Å²) in [6, 6.07) is 21.8. The van der Waals surface area contributed by atoms with Gasteiger partial charge >= 0.3 is 0 Å². The van der Waals surface area contributed by atoms with Crippen molar-refractivity contribution >= 4 is 39.2 Å². The number of rotatable bonds is 5. The van der Waals surface area contributed by atoms with Crippen LogP contribution in [0.5, 0.6) is 5.75 Å². The summed E-state index contributed by atoms with van der Waals surface area (Å²) < 4.78 is 6.20. The van der Waals surface area contributed by atoms with Gasteiger partial charge in [-0.25, -0.2) is 9.67 Å². The van der Waals surface area contributed by atoms with Gasteiger partial charge < -0.3 is 5.11 Å². The van der Waals surface area contributed by atoms with Crippen LogP contribution in [0, 0.1) is 6.92 Å². The van der Waals surface area contributed by atoms with Crippen molar-refractivity contribution < 1.29 is 9.90 Å². The molecule has 0 aliphatic rings. The van der Waals surface area contributed by atoms with Crippen molar-refractivity contribution in [3.05, 3.63) is 109 Å². The van der Waals surface area contributed by atoms with Crippen LogP contribution in [0.4, 0.5) is 5.69 Å². The quantitative estimate of drug-likeness (QED) is 0.287. The van der Waals surface area contributed by atoms with Gasteiger partial charge in [0.1, 0.15) is 11.4 Å². The van der Waals surface area contributed by atoms with Crippen molar-refractivity contribution in [2.75, 3.05) is 0 Å². The molecule has 36 heavy (non-hydrogen) atoms. The fraction of sp³-hybridized carbons (Fsp3) is 0.0741. The lowest BCUT2D eigenvalue weighted by molar-refractivity contribution is 0.112. The molecular formula is C27H21BrN4O3S. The number of nitrogens with zero attached hydrogens (tertiary/aromatic N) is 4. The Morgan fingerprint density at radius 2 is 1.75 bits per heavy atom. The summed E-state index contributed by atoms with van der Waals surface area (Å²) in [5.41, 5.74) is 4.01. The minimum absolute atomic E-state index is 0.0994. The summed E-state index contributed by atoms with van der Waals surface area (Å²) in [4.78, 5) is 30.9. The fourth-order valence-electron chi connectivity index (χ4n) is 4.05. The summed E-state index contributed by atoms with van der Waals surface area (Å²) in [7, 11) is 1.84. The Kier molecular flexibility index (Phi) is 6.34. The summed E-state index contributed by atoms with van der Waals surface area (Å²) in [6.07, 6.45) is 0.610. The molecule has 3 aromatic carbocycles. The van der Waals surface area contributed by atoms with E-state index in [0.29, 0.717) is 28.0 Å². The molecule has 1 N–H and O–H groups in total. The second kappa shape index (κ2) is 9.60. The number of benzene rings is 3. The lowest BCUT2D eigenvalue weighted by atomic mass is 10.1. The van der Waals surface area contributed by atoms with E-state index in [-0.39, 0.29) is 16.9 Å². The van der Waals surface area contributed by atoms with E-state index in [4.69, 9.17) is 4.99 Å². The van der Waals surface area contributed by atoms with Crippen molar-refractivity contribution in [1.82, 2.24) is 13.9 Å². The number of phenols is 1. The first kappa shape index (κ1) is 23.8. The van der Waals surface area contributed by atoms with Gasteiger partial charge in [0, 0.05) is 22.5 Å². The third-order valence-electron chi connectivity index (χ3n) is 5.96. The number of hydrogen-bond donors (Lipinski definition) is 1. The first-order valence-corrected chi connectivity index (χ1v) is 12.7. The molecule has 0 bridgehead atoms. The number of carbonyl (C=O) groups is 1. The highest BCUT2D eigenvalue weighted by Gasteiger charge is 2.22. The van der Waals surface area contributed by atoms with Crippen LogP contribution >= 0.6 is 27.3 Å². The van der Waals surface area contributed by atoms with E-state index in [1.54, 1.807) is 16.8 Å². The van der Waals surface area contributed by atoms with Crippen LogP contribution < -0.4 is 10.4 Å². The van der Waals surface area contributed by atoms with Crippen molar-refractivity contribution in [2.24, 2.45) is 12.0 Å². The van der Waals surface area contributed by atoms with Gasteiger partial charge in [0.15, 0.2) is 11.1 Å². The Balaban J connectivity index is 1.83. The number of halogens is 1. The minimum Gasteiger partial charge on any atom is -0.507 e. The van der Waals surface area contributed by atoms with Crippen LogP contribution in [0.25, 0.3) is 22.6 Å². The number of aromatic nitrogens is 3. The smallest absolute Gasteiger partial charge is 0.296 e. The van der Waals surface area contributed by atoms with E-state index in [2.05, 4.69) is 15.9 Å². The second-order valence-corrected chi connectivity index (χ2v) is 9.88. The molecule has 0 aliphatic heterocycles. The van der Waals surface area contributed by atoms with Crippen molar-refractivity contribution in [3.63, 3.8) is 0 Å². The van der Waals surface area contributed by atoms with Crippen LogP contribution in [0.2, 0.25) is 0 Å². The Morgan fingerprint density at radius 1 is 1.03 bits per heavy atom. The van der Waals surface area contributed by atoms with Gasteiger partial charge in [-0.15, -0.1) is 11.3 Å². The molecule has 5 rings (SSSR count). The molecule has 9 heteroatoms. The molecule has 0 spiro atoms. The molecule has 5 aromatic rings. The molecule has 2 aromatic heterocycles. The lowest BCUT2D eigenvalue weighted by Gasteiger charge is -2.09.